The van der Waals surface area contributed by atoms with Crippen molar-refractivity contribution in [1.29, 1.82) is 0 Å². The van der Waals surface area contributed by atoms with Gasteiger partial charge in [0, 0.05) is 24.4 Å². The van der Waals surface area contributed by atoms with Crippen molar-refractivity contribution < 1.29 is 24.1 Å². The zero-order valence-electron chi connectivity index (χ0n) is 21.8. The molecule has 0 bridgehead atoms. The van der Waals surface area contributed by atoms with Crippen molar-refractivity contribution in [2.75, 3.05) is 13.7 Å². The van der Waals surface area contributed by atoms with Crippen LogP contribution in [0.15, 0.2) is 71.9 Å². The van der Waals surface area contributed by atoms with E-state index in [1.165, 1.54) is 12.3 Å². The average molecular weight is 548 g/mol. The van der Waals surface area contributed by atoms with Gasteiger partial charge in [-0.1, -0.05) is 48.5 Å². The second-order valence-corrected chi connectivity index (χ2v) is 8.90. The molecule has 1 amide bonds. The minimum absolute atomic E-state index is 0.105. The third-order valence-electron chi connectivity index (χ3n) is 6.24. The summed E-state index contributed by atoms with van der Waals surface area (Å²) in [6, 6.07) is 16.3. The van der Waals surface area contributed by atoms with E-state index in [0.29, 0.717) is 16.5 Å². The quantitative estimate of drug-likeness (QED) is 0.0672. The topological polar surface area (TPSA) is 181 Å². The SMILES string of the molecule is COCn1c2ccccc2c2cc(C(=O)N([C@@H](CCCN=C(N)N)C(=O)OCc3ccccc3)[N+](=O)[O-])ncc21. The summed E-state index contributed by atoms with van der Waals surface area (Å²) in [7, 11) is 1.56. The van der Waals surface area contributed by atoms with Gasteiger partial charge in [0.1, 0.15) is 19.0 Å². The van der Waals surface area contributed by atoms with Crippen LogP contribution < -0.4 is 11.5 Å². The highest BCUT2D eigenvalue weighted by Crippen LogP contribution is 2.29. The third kappa shape index (κ3) is 6.15. The lowest BCUT2D eigenvalue weighted by Crippen LogP contribution is -2.49. The van der Waals surface area contributed by atoms with Gasteiger partial charge in [0.15, 0.2) is 17.0 Å². The van der Waals surface area contributed by atoms with Crippen LogP contribution in [0.4, 0.5) is 0 Å². The summed E-state index contributed by atoms with van der Waals surface area (Å²) in [5, 5.41) is 13.0. The number of ether oxygens (including phenoxy) is 2. The Morgan fingerprint density at radius 3 is 2.52 bits per heavy atom. The van der Waals surface area contributed by atoms with Gasteiger partial charge in [-0.25, -0.2) is 19.9 Å². The van der Waals surface area contributed by atoms with Crippen molar-refractivity contribution in [2.24, 2.45) is 16.5 Å². The van der Waals surface area contributed by atoms with Gasteiger partial charge >= 0.3 is 11.9 Å². The molecule has 0 unspecified atom stereocenters. The summed E-state index contributed by atoms with van der Waals surface area (Å²) < 4.78 is 12.6. The number of nitro groups is 1. The lowest BCUT2D eigenvalue weighted by Gasteiger charge is -2.21. The molecule has 2 aromatic heterocycles. The number of carbonyl (C=O) groups excluding carboxylic acids is 2. The predicted molar refractivity (Wildman–Crippen MR) is 147 cm³/mol. The number of hydrogen-bond donors (Lipinski definition) is 2. The Bertz CT molecular complexity index is 1550. The minimum atomic E-state index is -1.55. The summed E-state index contributed by atoms with van der Waals surface area (Å²) in [5.41, 5.74) is 12.7. The molecule has 1 atom stereocenters. The number of aromatic nitrogens is 2. The fourth-order valence-electron chi connectivity index (χ4n) is 4.44. The van der Waals surface area contributed by atoms with Crippen LogP contribution in [0.2, 0.25) is 0 Å². The number of nitrogens with two attached hydrogens (primary N) is 2. The summed E-state index contributed by atoms with van der Waals surface area (Å²) >= 11 is 0. The number of esters is 1. The van der Waals surface area contributed by atoms with Crippen molar-refractivity contribution in [1.82, 2.24) is 14.6 Å². The first-order chi connectivity index (χ1) is 19.3. The Morgan fingerprint density at radius 2 is 1.82 bits per heavy atom. The molecule has 2 heterocycles. The van der Waals surface area contributed by atoms with E-state index in [-0.39, 0.29) is 49.4 Å². The maximum atomic E-state index is 13.6. The van der Waals surface area contributed by atoms with Crippen molar-refractivity contribution in [2.45, 2.75) is 32.2 Å². The summed E-state index contributed by atoms with van der Waals surface area (Å²) in [4.78, 5) is 47.0. The van der Waals surface area contributed by atoms with Crippen LogP contribution in [-0.2, 0) is 27.6 Å². The molecule has 13 nitrogen and oxygen atoms in total. The number of benzene rings is 2. The van der Waals surface area contributed by atoms with Gasteiger partial charge in [-0.2, -0.15) is 0 Å². The number of aliphatic imine (C=N–C) groups is 1. The molecule has 13 heteroatoms. The Labute approximate surface area is 229 Å². The molecule has 0 aliphatic rings. The summed E-state index contributed by atoms with van der Waals surface area (Å²) in [6.07, 6.45) is 1.52. The number of amides is 1. The highest BCUT2D eigenvalue weighted by atomic mass is 16.7. The van der Waals surface area contributed by atoms with E-state index in [1.807, 2.05) is 28.8 Å². The van der Waals surface area contributed by atoms with E-state index >= 15 is 0 Å². The molecule has 0 saturated carbocycles. The van der Waals surface area contributed by atoms with E-state index in [9.17, 15) is 19.7 Å². The van der Waals surface area contributed by atoms with E-state index in [1.54, 1.807) is 37.4 Å². The molecule has 4 aromatic rings. The van der Waals surface area contributed by atoms with E-state index in [2.05, 4.69) is 9.98 Å². The second-order valence-electron chi connectivity index (χ2n) is 8.90. The van der Waals surface area contributed by atoms with Crippen molar-refractivity contribution in [3.63, 3.8) is 0 Å². The van der Waals surface area contributed by atoms with Crippen molar-refractivity contribution in [3.05, 3.63) is 88.2 Å². The molecule has 208 valence electrons. The normalized spacial score (nSPS) is 11.7. The van der Waals surface area contributed by atoms with Gasteiger partial charge < -0.3 is 25.5 Å². The lowest BCUT2D eigenvalue weighted by molar-refractivity contribution is -0.638. The number of pyridine rings is 1. The first-order valence-electron chi connectivity index (χ1n) is 12.4. The predicted octanol–water partition coefficient (Wildman–Crippen LogP) is 2.59. The summed E-state index contributed by atoms with van der Waals surface area (Å²) in [5.74, 6) is -2.15. The van der Waals surface area contributed by atoms with E-state index in [0.717, 1.165) is 10.9 Å². The fourth-order valence-corrected chi connectivity index (χ4v) is 4.44. The lowest BCUT2D eigenvalue weighted by atomic mass is 10.1. The zero-order chi connectivity index (χ0) is 28.6. The van der Waals surface area contributed by atoms with Crippen LogP contribution in [0.5, 0.6) is 0 Å². The number of carbonyl (C=O) groups is 2. The Hall–Kier alpha value is -5.04. The highest BCUT2D eigenvalue weighted by molar-refractivity contribution is 6.10. The number of para-hydroxylation sites is 1. The molecule has 0 saturated heterocycles. The van der Waals surface area contributed by atoms with Gasteiger partial charge in [-0.05, 0) is 35.5 Å². The monoisotopic (exact) mass is 547 g/mol. The number of rotatable bonds is 12. The smallest absolute Gasteiger partial charge is 0.335 e. The number of hydrogen-bond acceptors (Lipinski definition) is 8. The molecule has 4 rings (SSSR count). The van der Waals surface area contributed by atoms with Crippen LogP contribution in [-0.4, -0.2) is 57.1 Å². The molecule has 0 spiro atoms. The van der Waals surface area contributed by atoms with Gasteiger partial charge in [-0.15, -0.1) is 0 Å². The van der Waals surface area contributed by atoms with Gasteiger partial charge in [0.25, 0.3) is 0 Å². The van der Waals surface area contributed by atoms with Crippen LogP contribution in [0.1, 0.15) is 28.9 Å². The standard InChI is InChI=1S/C27H29N7O6/c1-39-17-32-22-11-6-5-10-19(22)20-14-21(31-15-24(20)32)25(35)33(34(37)38)23(12-7-13-30-27(28)29)26(36)40-16-18-8-3-2-4-9-18/h2-6,8-11,14-15,23H,7,12-13,16-17H2,1H3,(H4,28,29,30)/t23-/m0/s1. The number of guanidine groups is 1. The zero-order valence-corrected chi connectivity index (χ0v) is 21.8. The van der Waals surface area contributed by atoms with Crippen LogP contribution >= 0.6 is 0 Å². The van der Waals surface area contributed by atoms with Crippen molar-refractivity contribution >= 4 is 39.6 Å². The maximum absolute atomic E-state index is 13.6. The molecule has 0 aliphatic heterocycles. The molecule has 0 radical (unpaired) electrons. The fraction of sp³-hybridized carbons (Fsp3) is 0.259. The van der Waals surface area contributed by atoms with Gasteiger partial charge in [0.05, 0.1) is 17.2 Å². The van der Waals surface area contributed by atoms with Crippen LogP contribution in [0.3, 0.4) is 0 Å². The Balaban J connectivity index is 1.68. The molecule has 0 fully saturated rings. The maximum Gasteiger partial charge on any atom is 0.335 e. The molecular weight excluding hydrogens is 518 g/mol. The van der Waals surface area contributed by atoms with Gasteiger partial charge in [-0.3, -0.25) is 9.79 Å². The van der Waals surface area contributed by atoms with Gasteiger partial charge in [0.2, 0.25) is 0 Å². The molecule has 40 heavy (non-hydrogen) atoms. The second kappa shape index (κ2) is 12.7. The number of methoxy groups -OCH3 is 1. The number of fused-ring (bicyclic) bond motifs is 3. The minimum Gasteiger partial charge on any atom is -0.459 e. The Kier molecular flexibility index (Phi) is 8.86. The van der Waals surface area contributed by atoms with E-state index in [4.69, 9.17) is 20.9 Å². The molecular formula is C27H29N7O6. The van der Waals surface area contributed by atoms with Crippen molar-refractivity contribution in [3.8, 4) is 0 Å². The first-order valence-corrected chi connectivity index (χ1v) is 12.4. The van der Waals surface area contributed by atoms with Crippen LogP contribution in [0.25, 0.3) is 21.8 Å². The number of hydrazine groups is 1. The number of nitrogens with zero attached hydrogens (tertiary/aromatic N) is 5. The molecule has 2 aromatic carbocycles. The third-order valence-corrected chi connectivity index (χ3v) is 6.24. The molecule has 4 N–H and O–H groups in total. The largest absolute Gasteiger partial charge is 0.459 e. The Morgan fingerprint density at radius 1 is 1.10 bits per heavy atom. The highest BCUT2D eigenvalue weighted by Gasteiger charge is 2.41. The molecule has 0 aliphatic carbocycles. The van der Waals surface area contributed by atoms with Crippen LogP contribution in [0, 0.1) is 10.1 Å². The van der Waals surface area contributed by atoms with E-state index < -0.39 is 23.0 Å². The summed E-state index contributed by atoms with van der Waals surface area (Å²) in [6.45, 7) is 0.228. The first kappa shape index (κ1) is 28.0. The average Bonchev–Trinajstić information content (AvgIpc) is 3.26.